The van der Waals surface area contributed by atoms with Crippen LogP contribution in [-0.4, -0.2) is 22.3 Å². The second kappa shape index (κ2) is 9.53. The van der Waals surface area contributed by atoms with Crippen LogP contribution in [0.1, 0.15) is 102 Å². The van der Waals surface area contributed by atoms with Gasteiger partial charge in [0.25, 0.3) is 5.91 Å². The molecule has 1 aromatic carbocycles. The molecule has 2 N–H and O–H groups in total. The van der Waals surface area contributed by atoms with E-state index in [9.17, 15) is 4.79 Å². The van der Waals surface area contributed by atoms with Crippen LogP contribution in [0.2, 0.25) is 0 Å². The highest BCUT2D eigenvalue weighted by atomic mass is 16.2. The Morgan fingerprint density at radius 2 is 1.60 bits per heavy atom. The van der Waals surface area contributed by atoms with Crippen molar-refractivity contribution in [2.75, 3.05) is 0 Å². The summed E-state index contributed by atoms with van der Waals surface area (Å²) in [7, 11) is 0. The lowest BCUT2D eigenvalue weighted by Gasteiger charge is -2.34. The average molecular weight is 410 g/mol. The normalized spacial score (nSPS) is 27.3. The Bertz CT molecular complexity index is 734. The first kappa shape index (κ1) is 21.4. The van der Waals surface area contributed by atoms with Crippen LogP contribution in [0.5, 0.6) is 0 Å². The van der Waals surface area contributed by atoms with Gasteiger partial charge in [0.2, 0.25) is 0 Å². The van der Waals surface area contributed by atoms with E-state index in [-0.39, 0.29) is 11.9 Å². The van der Waals surface area contributed by atoms with E-state index in [1.54, 1.807) is 4.90 Å². The summed E-state index contributed by atoms with van der Waals surface area (Å²) in [6.45, 7) is 2.08. The van der Waals surface area contributed by atoms with E-state index >= 15 is 0 Å². The molecule has 2 aliphatic carbocycles. The molecule has 0 saturated heterocycles. The third kappa shape index (κ3) is 4.58. The van der Waals surface area contributed by atoms with Gasteiger partial charge in [-0.15, -0.1) is 0 Å². The second-order valence-corrected chi connectivity index (χ2v) is 10.0. The first-order valence-corrected chi connectivity index (χ1v) is 12.3. The summed E-state index contributed by atoms with van der Waals surface area (Å²) in [4.78, 5) is 20.7. The molecule has 30 heavy (non-hydrogen) atoms. The van der Waals surface area contributed by atoms with Gasteiger partial charge in [-0.1, -0.05) is 94.5 Å². The van der Waals surface area contributed by atoms with Crippen molar-refractivity contribution < 1.29 is 4.79 Å². The van der Waals surface area contributed by atoms with Crippen LogP contribution in [-0.2, 0) is 4.79 Å². The first-order valence-electron chi connectivity index (χ1n) is 12.3. The van der Waals surface area contributed by atoms with Gasteiger partial charge in [0.15, 0.2) is 5.96 Å². The molecule has 1 aromatic rings. The van der Waals surface area contributed by atoms with Crippen LogP contribution in [0.3, 0.4) is 0 Å². The molecule has 2 saturated carbocycles. The summed E-state index contributed by atoms with van der Waals surface area (Å²) in [5.74, 6) is 1.94. The van der Waals surface area contributed by atoms with E-state index in [0.29, 0.717) is 11.9 Å². The van der Waals surface area contributed by atoms with E-state index in [4.69, 9.17) is 10.7 Å². The Kier molecular flexibility index (Phi) is 6.80. The number of benzene rings is 1. The fourth-order valence-electron chi connectivity index (χ4n) is 6.09. The van der Waals surface area contributed by atoms with Crippen molar-refractivity contribution in [3.05, 3.63) is 35.9 Å². The molecule has 1 aliphatic heterocycles. The summed E-state index contributed by atoms with van der Waals surface area (Å²) in [6, 6.07) is 10.1. The van der Waals surface area contributed by atoms with Gasteiger partial charge in [-0.3, -0.25) is 9.69 Å². The molecule has 3 aliphatic rings. The number of hydrogen-bond donors (Lipinski definition) is 1. The quantitative estimate of drug-likeness (QED) is 0.603. The zero-order valence-corrected chi connectivity index (χ0v) is 18.7. The van der Waals surface area contributed by atoms with E-state index in [0.717, 1.165) is 30.7 Å². The van der Waals surface area contributed by atoms with Crippen molar-refractivity contribution in [2.24, 2.45) is 22.6 Å². The molecule has 4 nitrogen and oxygen atoms in total. The molecule has 1 heterocycles. The smallest absolute Gasteiger partial charge is 0.257 e. The maximum Gasteiger partial charge on any atom is 0.257 e. The molecule has 2 atom stereocenters. The van der Waals surface area contributed by atoms with Crippen molar-refractivity contribution >= 4 is 11.9 Å². The van der Waals surface area contributed by atoms with E-state index < -0.39 is 5.54 Å². The first-order chi connectivity index (χ1) is 14.6. The monoisotopic (exact) mass is 409 g/mol. The molecular formula is C26H39N3O. The number of guanidine groups is 1. The highest BCUT2D eigenvalue weighted by molar-refractivity contribution is 6.07. The Balaban J connectivity index is 1.55. The number of aliphatic imine (C=N–C) groups is 1. The number of rotatable bonds is 7. The Morgan fingerprint density at radius 3 is 2.23 bits per heavy atom. The molecule has 1 unspecified atom stereocenters. The lowest BCUT2D eigenvalue weighted by Crippen LogP contribution is -2.46. The maximum atomic E-state index is 13.9. The van der Waals surface area contributed by atoms with Crippen LogP contribution in [0, 0.1) is 11.8 Å². The van der Waals surface area contributed by atoms with Crippen molar-refractivity contribution in [1.29, 1.82) is 0 Å². The number of nitrogens with zero attached hydrogens (tertiary/aromatic N) is 2. The van der Waals surface area contributed by atoms with Gasteiger partial charge in [0, 0.05) is 0 Å². The van der Waals surface area contributed by atoms with E-state index in [2.05, 4.69) is 19.1 Å². The number of carbonyl (C=O) groups is 1. The van der Waals surface area contributed by atoms with Gasteiger partial charge in [0.1, 0.15) is 5.54 Å². The summed E-state index contributed by atoms with van der Waals surface area (Å²) in [5, 5.41) is 0. The van der Waals surface area contributed by atoms with Crippen LogP contribution in [0.4, 0.5) is 0 Å². The van der Waals surface area contributed by atoms with Crippen molar-refractivity contribution in [1.82, 2.24) is 4.90 Å². The summed E-state index contributed by atoms with van der Waals surface area (Å²) in [6.07, 6.45) is 16.0. The highest BCUT2D eigenvalue weighted by Gasteiger charge is 2.50. The van der Waals surface area contributed by atoms with Gasteiger partial charge in [-0.25, -0.2) is 4.99 Å². The third-order valence-electron chi connectivity index (χ3n) is 7.90. The van der Waals surface area contributed by atoms with Crippen LogP contribution >= 0.6 is 0 Å². The van der Waals surface area contributed by atoms with Gasteiger partial charge in [-0.2, -0.15) is 0 Å². The maximum absolute atomic E-state index is 13.9. The molecule has 4 heteroatoms. The molecule has 4 rings (SSSR count). The van der Waals surface area contributed by atoms with Crippen LogP contribution in [0.25, 0.3) is 0 Å². The Morgan fingerprint density at radius 1 is 1.00 bits per heavy atom. The van der Waals surface area contributed by atoms with Crippen molar-refractivity contribution in [3.8, 4) is 0 Å². The lowest BCUT2D eigenvalue weighted by atomic mass is 9.75. The largest absolute Gasteiger partial charge is 0.369 e. The number of nitrogens with two attached hydrogens (primary N) is 1. The standard InChI is InChI=1S/C26H39N3O/c1-20(23-15-9-4-10-16-23)29-24(30)26(28-25(29)27,19-22-13-7-3-8-14-22)18-17-21-11-5-2-6-12-21/h4,9-10,15-16,20-22H,2-3,5-8,11-14,17-19H2,1H3,(H2,27,28)/t20-,26?/m1/s1. The van der Waals surface area contributed by atoms with Gasteiger partial charge in [-0.05, 0) is 43.6 Å². The number of carbonyl (C=O) groups excluding carboxylic acids is 1. The zero-order valence-electron chi connectivity index (χ0n) is 18.7. The van der Waals surface area contributed by atoms with Gasteiger partial charge in [0.05, 0.1) is 6.04 Å². The number of amides is 1. The average Bonchev–Trinajstić information content (AvgIpc) is 3.03. The molecule has 2 fully saturated rings. The summed E-state index contributed by atoms with van der Waals surface area (Å²) >= 11 is 0. The molecular weight excluding hydrogens is 370 g/mol. The third-order valence-corrected chi connectivity index (χ3v) is 7.90. The fraction of sp³-hybridized carbons (Fsp3) is 0.692. The molecule has 0 radical (unpaired) electrons. The Hall–Kier alpha value is -1.84. The lowest BCUT2D eigenvalue weighted by molar-refractivity contribution is -0.133. The predicted molar refractivity (Wildman–Crippen MR) is 123 cm³/mol. The molecule has 0 spiro atoms. The SMILES string of the molecule is C[C@H](c1ccccc1)N1C(=O)C(CCC2CCCCC2)(CC2CCCCC2)N=C1N. The van der Waals surface area contributed by atoms with Crippen molar-refractivity contribution in [3.63, 3.8) is 0 Å². The minimum absolute atomic E-state index is 0.0784. The molecule has 0 aromatic heterocycles. The predicted octanol–water partition coefficient (Wildman–Crippen LogP) is 5.97. The van der Waals surface area contributed by atoms with Gasteiger partial charge < -0.3 is 5.73 Å². The fourth-order valence-corrected chi connectivity index (χ4v) is 6.09. The highest BCUT2D eigenvalue weighted by Crippen LogP contribution is 2.42. The zero-order chi connectivity index (χ0) is 21.0. The second-order valence-electron chi connectivity index (χ2n) is 10.0. The number of hydrogen-bond acceptors (Lipinski definition) is 3. The summed E-state index contributed by atoms with van der Waals surface area (Å²) in [5.41, 5.74) is 6.94. The molecule has 164 valence electrons. The van der Waals surface area contributed by atoms with E-state index in [1.165, 1.54) is 64.2 Å². The molecule has 0 bridgehead atoms. The molecule has 1 amide bonds. The minimum atomic E-state index is -0.632. The van der Waals surface area contributed by atoms with Crippen molar-refractivity contribution in [2.45, 2.75) is 102 Å². The van der Waals surface area contributed by atoms with Crippen LogP contribution in [0.15, 0.2) is 35.3 Å². The van der Waals surface area contributed by atoms with Gasteiger partial charge >= 0.3 is 0 Å². The van der Waals surface area contributed by atoms with E-state index in [1.807, 2.05) is 18.2 Å². The Labute approximate surface area is 182 Å². The van der Waals surface area contributed by atoms with Crippen LogP contribution < -0.4 is 5.73 Å². The summed E-state index contributed by atoms with van der Waals surface area (Å²) < 4.78 is 0. The minimum Gasteiger partial charge on any atom is -0.369 e. The topological polar surface area (TPSA) is 58.7 Å².